The van der Waals surface area contributed by atoms with Gasteiger partial charge in [0.2, 0.25) is 0 Å². The number of carbonyl (C=O) groups is 1. The van der Waals surface area contributed by atoms with Crippen molar-refractivity contribution in [1.29, 1.82) is 0 Å². The van der Waals surface area contributed by atoms with E-state index in [1.807, 2.05) is 0 Å². The van der Waals surface area contributed by atoms with E-state index in [0.717, 1.165) is 0 Å². The van der Waals surface area contributed by atoms with E-state index >= 15 is 0 Å². The maximum absolute atomic E-state index is 12.1. The first-order valence-corrected chi connectivity index (χ1v) is 6.06. The van der Waals surface area contributed by atoms with Crippen molar-refractivity contribution < 1.29 is 13.9 Å². The summed E-state index contributed by atoms with van der Waals surface area (Å²) in [6.07, 6.45) is -0.150. The van der Waals surface area contributed by atoms with Gasteiger partial charge >= 0.3 is 7.67 Å². The maximum Gasteiger partial charge on any atom is 0.343 e. The highest BCUT2D eigenvalue weighted by atomic mass is 31.2. The highest BCUT2D eigenvalue weighted by molar-refractivity contribution is 7.54. The Bertz CT molecular complexity index is 241. The van der Waals surface area contributed by atoms with E-state index in [4.69, 9.17) is 4.52 Å². The first-order valence-electron chi connectivity index (χ1n) is 4.48. The third kappa shape index (κ3) is 4.86. The molecule has 0 aliphatic heterocycles. The van der Waals surface area contributed by atoms with Gasteiger partial charge in [-0.2, -0.15) is 0 Å². The van der Waals surface area contributed by atoms with Crippen LogP contribution < -0.4 is 5.09 Å². The van der Waals surface area contributed by atoms with Gasteiger partial charge in [0.25, 0.3) is 0 Å². The minimum atomic E-state index is -3.04. The fourth-order valence-electron chi connectivity index (χ4n) is 0.770. The number of nitrogens with zero attached hydrogens (tertiary/aromatic N) is 1. The van der Waals surface area contributed by atoms with Crippen LogP contribution in [0.1, 0.15) is 20.8 Å². The van der Waals surface area contributed by atoms with Crippen LogP contribution in [-0.4, -0.2) is 37.2 Å². The van der Waals surface area contributed by atoms with Crippen molar-refractivity contribution in [3.63, 3.8) is 0 Å². The molecule has 0 aliphatic carbocycles. The molecule has 14 heavy (non-hydrogen) atoms. The molecule has 0 heterocycles. The summed E-state index contributed by atoms with van der Waals surface area (Å²) >= 11 is 0. The Balaban J connectivity index is 4.40. The van der Waals surface area contributed by atoms with E-state index in [0.29, 0.717) is 0 Å². The molecular weight excluding hydrogens is 203 g/mol. The van der Waals surface area contributed by atoms with Crippen LogP contribution in [0.2, 0.25) is 0 Å². The van der Waals surface area contributed by atoms with Crippen LogP contribution in [0.3, 0.4) is 0 Å². The molecular formula is C8H19N2O3P. The minimum absolute atomic E-state index is 0.0577. The number of nitrogens with one attached hydrogen (secondary N) is 1. The van der Waals surface area contributed by atoms with Crippen LogP contribution in [0.25, 0.3) is 0 Å². The van der Waals surface area contributed by atoms with E-state index < -0.39 is 7.67 Å². The molecule has 84 valence electrons. The Labute approximate surface area is 85.4 Å². The summed E-state index contributed by atoms with van der Waals surface area (Å²) in [7, 11) is 0.259. The molecule has 5 nitrogen and oxygen atoms in total. The molecule has 0 rings (SSSR count). The average molecular weight is 222 g/mol. The van der Waals surface area contributed by atoms with Crippen molar-refractivity contribution in [3.05, 3.63) is 0 Å². The molecule has 0 saturated carbocycles. The van der Waals surface area contributed by atoms with Gasteiger partial charge in [0.05, 0.1) is 12.6 Å². The van der Waals surface area contributed by atoms with Crippen molar-refractivity contribution in [2.45, 2.75) is 26.9 Å². The van der Waals surface area contributed by atoms with Crippen LogP contribution >= 0.6 is 7.67 Å². The lowest BCUT2D eigenvalue weighted by Crippen LogP contribution is -2.28. The predicted molar refractivity (Wildman–Crippen MR) is 56.2 cm³/mol. The van der Waals surface area contributed by atoms with E-state index in [1.165, 1.54) is 11.6 Å². The molecule has 0 aromatic carbocycles. The van der Waals surface area contributed by atoms with Crippen LogP contribution in [0, 0.1) is 0 Å². The predicted octanol–water partition coefficient (Wildman–Crippen LogP) is 1.26. The first kappa shape index (κ1) is 13.8. The Morgan fingerprint density at radius 2 is 2.00 bits per heavy atom. The molecule has 1 unspecified atom stereocenters. The number of hydrogen-bond donors (Lipinski definition) is 1. The van der Waals surface area contributed by atoms with Gasteiger partial charge in [-0.15, -0.1) is 0 Å². The number of ketones is 1. The second-order valence-electron chi connectivity index (χ2n) is 3.56. The zero-order valence-corrected chi connectivity index (χ0v) is 10.3. The second kappa shape index (κ2) is 5.61. The Kier molecular flexibility index (Phi) is 5.52. The molecule has 0 aromatic heterocycles. The maximum atomic E-state index is 12.1. The topological polar surface area (TPSA) is 58.6 Å². The monoisotopic (exact) mass is 222 g/mol. The van der Waals surface area contributed by atoms with Gasteiger partial charge in [0.15, 0.2) is 0 Å². The van der Waals surface area contributed by atoms with Gasteiger partial charge in [-0.3, -0.25) is 9.36 Å². The molecule has 0 saturated heterocycles. The largest absolute Gasteiger partial charge is 0.343 e. The van der Waals surface area contributed by atoms with Gasteiger partial charge in [-0.1, -0.05) is 0 Å². The molecule has 1 atom stereocenters. The normalized spacial score (nSPS) is 15.9. The zero-order valence-electron chi connectivity index (χ0n) is 9.40. The van der Waals surface area contributed by atoms with Crippen molar-refractivity contribution in [2.75, 3.05) is 20.6 Å². The van der Waals surface area contributed by atoms with E-state index in [9.17, 15) is 9.36 Å². The summed E-state index contributed by atoms with van der Waals surface area (Å²) in [5.74, 6) is -0.0700. The molecule has 0 radical (unpaired) electrons. The summed E-state index contributed by atoms with van der Waals surface area (Å²) in [5.41, 5.74) is 0. The smallest absolute Gasteiger partial charge is 0.303 e. The third-order valence-electron chi connectivity index (χ3n) is 1.41. The van der Waals surface area contributed by atoms with Crippen molar-refractivity contribution >= 4 is 13.5 Å². The highest BCUT2D eigenvalue weighted by Crippen LogP contribution is 2.45. The van der Waals surface area contributed by atoms with Crippen molar-refractivity contribution in [3.8, 4) is 0 Å². The second-order valence-corrected chi connectivity index (χ2v) is 5.93. The SMILES string of the molecule is CC(=O)CNP(=O)(OC(C)C)N(C)C. The molecule has 0 aromatic rings. The molecule has 0 aliphatic rings. The van der Waals surface area contributed by atoms with Gasteiger partial charge in [0, 0.05) is 0 Å². The fourth-order valence-corrected chi connectivity index (χ4v) is 2.31. The van der Waals surface area contributed by atoms with Crippen LogP contribution in [0.15, 0.2) is 0 Å². The first-order chi connectivity index (χ1) is 6.28. The van der Waals surface area contributed by atoms with E-state index in [-0.39, 0.29) is 18.4 Å². The van der Waals surface area contributed by atoms with Crippen LogP contribution in [-0.2, 0) is 13.9 Å². The summed E-state index contributed by atoms with van der Waals surface area (Å²) in [6, 6.07) is 0. The lowest BCUT2D eigenvalue weighted by molar-refractivity contribution is -0.116. The standard InChI is InChI=1S/C8H19N2O3P/c1-7(2)13-14(12,10(4)5)9-6-8(3)11/h7H,6H2,1-5H3,(H,9,12). The molecule has 1 N–H and O–H groups in total. The molecule has 0 fully saturated rings. The Morgan fingerprint density at radius 3 is 2.29 bits per heavy atom. The van der Waals surface area contributed by atoms with Crippen LogP contribution in [0.4, 0.5) is 0 Å². The van der Waals surface area contributed by atoms with Crippen molar-refractivity contribution in [2.24, 2.45) is 0 Å². The van der Waals surface area contributed by atoms with Gasteiger partial charge < -0.3 is 4.52 Å². The molecule has 6 heteroatoms. The number of hydrogen-bond acceptors (Lipinski definition) is 3. The fraction of sp³-hybridized carbons (Fsp3) is 0.875. The summed E-state index contributed by atoms with van der Waals surface area (Å²) < 4.78 is 18.8. The lowest BCUT2D eigenvalue weighted by atomic mass is 10.5. The van der Waals surface area contributed by atoms with Crippen molar-refractivity contribution in [1.82, 2.24) is 9.76 Å². The molecule has 0 bridgehead atoms. The highest BCUT2D eigenvalue weighted by Gasteiger charge is 2.27. The molecule has 0 spiro atoms. The van der Waals surface area contributed by atoms with E-state index in [1.54, 1.807) is 27.9 Å². The Hall–Kier alpha value is -0.220. The molecule has 0 amide bonds. The number of Topliss-reactive ketones (excluding diaryl/α,β-unsaturated/α-hetero) is 1. The average Bonchev–Trinajstić information content (AvgIpc) is 1.99. The lowest BCUT2D eigenvalue weighted by Gasteiger charge is -2.26. The van der Waals surface area contributed by atoms with E-state index in [2.05, 4.69) is 5.09 Å². The Morgan fingerprint density at radius 1 is 1.50 bits per heavy atom. The zero-order chi connectivity index (χ0) is 11.4. The summed E-state index contributed by atoms with van der Waals surface area (Å²) in [5, 5.41) is 2.64. The number of carbonyl (C=O) groups excluding carboxylic acids is 1. The summed E-state index contributed by atoms with van der Waals surface area (Å²) in [6.45, 7) is 5.09. The van der Waals surface area contributed by atoms with Crippen LogP contribution in [0.5, 0.6) is 0 Å². The quantitative estimate of drug-likeness (QED) is 0.685. The summed E-state index contributed by atoms with van der Waals surface area (Å²) in [4.78, 5) is 10.7. The third-order valence-corrected chi connectivity index (χ3v) is 3.73. The van der Waals surface area contributed by atoms with Gasteiger partial charge in [-0.25, -0.2) is 9.76 Å². The number of rotatable bonds is 6. The minimum Gasteiger partial charge on any atom is -0.303 e. The van der Waals surface area contributed by atoms with Gasteiger partial charge in [0.1, 0.15) is 5.78 Å². The van der Waals surface area contributed by atoms with Gasteiger partial charge in [-0.05, 0) is 34.9 Å².